The molecule has 8 heteroatoms. The fourth-order valence-electron chi connectivity index (χ4n) is 1.63. The highest BCUT2D eigenvalue weighted by Crippen LogP contribution is 2.36. The van der Waals surface area contributed by atoms with Crippen LogP contribution in [0.15, 0.2) is 17.3 Å². The van der Waals surface area contributed by atoms with Crippen molar-refractivity contribution in [2.45, 2.75) is 70.8 Å². The van der Waals surface area contributed by atoms with Crippen LogP contribution in [0.5, 0.6) is 0 Å². The Morgan fingerprint density at radius 1 is 1.42 bits per heavy atom. The Kier molecular flexibility index (Phi) is 9.92. The maximum Gasteiger partial charge on any atom is 0.330 e. The number of carbonyl (C=O) groups excluding carboxylic acids is 1. The molecular weight excluding hydrogens is 326 g/mol. The molecule has 24 heavy (non-hydrogen) atoms. The monoisotopic (exact) mass is 357 g/mol. The topological polar surface area (TPSA) is 105 Å². The van der Waals surface area contributed by atoms with Crippen LogP contribution < -0.4 is 0 Å². The third-order valence-corrected chi connectivity index (χ3v) is 8.74. The van der Waals surface area contributed by atoms with Crippen LogP contribution in [0.1, 0.15) is 40.5 Å². The van der Waals surface area contributed by atoms with Crippen molar-refractivity contribution >= 4 is 14.3 Å². The highest BCUT2D eigenvalue weighted by atomic mass is 28.4. The quantitative estimate of drug-likeness (QED) is 0.160. The van der Waals surface area contributed by atoms with Gasteiger partial charge in [-0.05, 0) is 43.4 Å². The second-order valence-corrected chi connectivity index (χ2v) is 12.0. The van der Waals surface area contributed by atoms with Gasteiger partial charge in [-0.1, -0.05) is 32.0 Å². The van der Waals surface area contributed by atoms with Gasteiger partial charge in [0.25, 0.3) is 0 Å². The molecule has 138 valence electrons. The lowest BCUT2D eigenvalue weighted by Crippen LogP contribution is -2.44. The number of esters is 1. The Hall–Kier alpha value is -1.34. The third-order valence-electron chi connectivity index (χ3n) is 4.23. The number of aliphatic hydroxyl groups excluding tert-OH is 1. The van der Waals surface area contributed by atoms with Crippen molar-refractivity contribution in [1.82, 2.24) is 0 Å². The van der Waals surface area contributed by atoms with E-state index in [0.29, 0.717) is 19.4 Å². The summed E-state index contributed by atoms with van der Waals surface area (Å²) in [6, 6.07) is -0.639. The minimum atomic E-state index is -1.97. The number of carbonyl (C=O) groups is 1. The molecule has 0 aliphatic carbocycles. The van der Waals surface area contributed by atoms with E-state index in [9.17, 15) is 9.90 Å². The summed E-state index contributed by atoms with van der Waals surface area (Å²) in [5.41, 5.74) is 8.71. The average molecular weight is 358 g/mol. The molecule has 0 aromatic carbocycles. The van der Waals surface area contributed by atoms with Crippen LogP contribution in [0.25, 0.3) is 10.4 Å². The van der Waals surface area contributed by atoms with Gasteiger partial charge in [0, 0.05) is 17.6 Å². The zero-order valence-corrected chi connectivity index (χ0v) is 16.7. The summed E-state index contributed by atoms with van der Waals surface area (Å²) in [7, 11) is -1.97. The van der Waals surface area contributed by atoms with Gasteiger partial charge in [-0.3, -0.25) is 0 Å². The van der Waals surface area contributed by atoms with E-state index in [1.807, 2.05) is 0 Å². The van der Waals surface area contributed by atoms with E-state index < -0.39 is 26.4 Å². The molecular formula is C16H31N3O4Si. The van der Waals surface area contributed by atoms with E-state index >= 15 is 0 Å². The van der Waals surface area contributed by atoms with Crippen LogP contribution in [0.2, 0.25) is 18.1 Å². The fourth-order valence-corrected chi connectivity index (χ4v) is 2.65. The number of hydrogen-bond acceptors (Lipinski definition) is 5. The first kappa shape index (κ1) is 22.7. The van der Waals surface area contributed by atoms with Crippen LogP contribution in [0, 0.1) is 0 Å². The van der Waals surface area contributed by atoms with Crippen molar-refractivity contribution in [3.05, 3.63) is 22.6 Å². The number of rotatable bonds is 10. The van der Waals surface area contributed by atoms with Gasteiger partial charge in [0.15, 0.2) is 8.32 Å². The Bertz CT molecular complexity index is 468. The molecule has 0 aliphatic heterocycles. The van der Waals surface area contributed by atoms with Crippen LogP contribution >= 0.6 is 0 Å². The van der Waals surface area contributed by atoms with Gasteiger partial charge in [0.05, 0.1) is 18.8 Å². The smallest absolute Gasteiger partial charge is 0.330 e. The molecule has 0 saturated carbocycles. The standard InChI is InChI=1S/C16H31N3O4Si/c1-7-22-15(21)11-9-8-10-14(20)13(18-19-17)12-23-24(5,6)16(2,3)4/h9,11,13-14,20H,7-8,10,12H2,1-6H3/b11-9+/t13-,14+/m1/s1. The van der Waals surface area contributed by atoms with Crippen molar-refractivity contribution in [1.29, 1.82) is 0 Å². The second kappa shape index (κ2) is 10.5. The highest BCUT2D eigenvalue weighted by molar-refractivity contribution is 6.74. The van der Waals surface area contributed by atoms with E-state index in [1.54, 1.807) is 13.0 Å². The van der Waals surface area contributed by atoms with Gasteiger partial charge in [-0.2, -0.15) is 0 Å². The Balaban J connectivity index is 4.55. The highest BCUT2D eigenvalue weighted by Gasteiger charge is 2.38. The van der Waals surface area contributed by atoms with Gasteiger partial charge in [0.2, 0.25) is 0 Å². The van der Waals surface area contributed by atoms with Crippen molar-refractivity contribution < 1.29 is 19.1 Å². The summed E-state index contributed by atoms with van der Waals surface area (Å²) in [5.74, 6) is -0.403. The lowest BCUT2D eigenvalue weighted by atomic mass is 10.1. The number of hydrogen-bond donors (Lipinski definition) is 1. The Labute approximate surface area is 145 Å². The maximum atomic E-state index is 11.2. The van der Waals surface area contributed by atoms with Gasteiger partial charge in [-0.15, -0.1) is 0 Å². The summed E-state index contributed by atoms with van der Waals surface area (Å²) in [6.07, 6.45) is 3.02. The summed E-state index contributed by atoms with van der Waals surface area (Å²) >= 11 is 0. The molecule has 0 amide bonds. The molecule has 0 heterocycles. The second-order valence-electron chi connectivity index (χ2n) is 7.14. The van der Waals surface area contributed by atoms with Crippen LogP contribution in [0.4, 0.5) is 0 Å². The maximum absolute atomic E-state index is 11.2. The molecule has 0 rings (SSSR count). The predicted molar refractivity (Wildman–Crippen MR) is 97.1 cm³/mol. The Morgan fingerprint density at radius 3 is 2.54 bits per heavy atom. The van der Waals surface area contributed by atoms with Crippen molar-refractivity contribution in [2.75, 3.05) is 13.2 Å². The van der Waals surface area contributed by atoms with Gasteiger partial charge < -0.3 is 14.3 Å². The van der Waals surface area contributed by atoms with Gasteiger partial charge >= 0.3 is 5.97 Å². The van der Waals surface area contributed by atoms with Crippen LogP contribution in [-0.2, 0) is 14.0 Å². The summed E-state index contributed by atoms with van der Waals surface area (Å²) in [5, 5.41) is 13.9. The lowest BCUT2D eigenvalue weighted by molar-refractivity contribution is -0.137. The Morgan fingerprint density at radius 2 is 2.04 bits per heavy atom. The summed E-state index contributed by atoms with van der Waals surface area (Å²) in [6.45, 7) is 12.8. The average Bonchev–Trinajstić information content (AvgIpc) is 2.46. The number of aliphatic hydroxyl groups is 1. The normalized spacial score (nSPS) is 15.0. The minimum absolute atomic E-state index is 0.0429. The first-order valence-corrected chi connectivity index (χ1v) is 11.2. The molecule has 0 aromatic heterocycles. The van der Waals surface area contributed by atoms with E-state index in [-0.39, 0.29) is 11.6 Å². The molecule has 0 saturated heterocycles. The van der Waals surface area contributed by atoms with E-state index in [4.69, 9.17) is 14.7 Å². The van der Waals surface area contributed by atoms with Crippen molar-refractivity contribution in [3.8, 4) is 0 Å². The zero-order chi connectivity index (χ0) is 18.8. The fraction of sp³-hybridized carbons (Fsp3) is 0.812. The molecule has 0 spiro atoms. The van der Waals surface area contributed by atoms with E-state index in [1.165, 1.54) is 6.08 Å². The van der Waals surface area contributed by atoms with E-state index in [2.05, 4.69) is 43.9 Å². The SMILES string of the molecule is CCOC(=O)/C=C/CC[C@H](O)[C@@H](CO[Si](C)(C)C(C)(C)C)N=[N+]=[N-]. The summed E-state index contributed by atoms with van der Waals surface area (Å²) < 4.78 is 10.8. The molecule has 0 bridgehead atoms. The first-order valence-electron chi connectivity index (χ1n) is 8.24. The third kappa shape index (κ3) is 8.49. The molecule has 0 aromatic rings. The van der Waals surface area contributed by atoms with Gasteiger partial charge in [-0.25, -0.2) is 4.79 Å². The number of azide groups is 1. The largest absolute Gasteiger partial charge is 0.463 e. The molecule has 1 N–H and O–H groups in total. The summed E-state index contributed by atoms with van der Waals surface area (Å²) in [4.78, 5) is 14.0. The van der Waals surface area contributed by atoms with E-state index in [0.717, 1.165) is 0 Å². The molecule has 2 atom stereocenters. The minimum Gasteiger partial charge on any atom is -0.463 e. The predicted octanol–water partition coefficient (Wildman–Crippen LogP) is 3.95. The van der Waals surface area contributed by atoms with Gasteiger partial charge in [0.1, 0.15) is 0 Å². The number of ether oxygens (including phenoxy) is 1. The lowest BCUT2D eigenvalue weighted by Gasteiger charge is -2.37. The van der Waals surface area contributed by atoms with Crippen molar-refractivity contribution in [2.24, 2.45) is 5.11 Å². The molecule has 0 aliphatic rings. The first-order chi connectivity index (χ1) is 11.0. The number of allylic oxidation sites excluding steroid dienone is 1. The van der Waals surface area contributed by atoms with Crippen molar-refractivity contribution in [3.63, 3.8) is 0 Å². The molecule has 0 unspecified atom stereocenters. The van der Waals surface area contributed by atoms with Crippen LogP contribution in [-0.4, -0.2) is 44.8 Å². The molecule has 0 radical (unpaired) electrons. The molecule has 7 nitrogen and oxygen atoms in total. The zero-order valence-electron chi connectivity index (χ0n) is 15.7. The van der Waals surface area contributed by atoms with Crippen LogP contribution in [0.3, 0.4) is 0 Å². The number of nitrogens with zero attached hydrogens (tertiary/aromatic N) is 3. The molecule has 0 fully saturated rings.